The molecule has 2 aromatic heterocycles. The van der Waals surface area contributed by atoms with Crippen LogP contribution in [-0.2, 0) is 12.8 Å². The van der Waals surface area contributed by atoms with Crippen LogP contribution in [-0.4, -0.2) is 45.8 Å². The summed E-state index contributed by atoms with van der Waals surface area (Å²) in [7, 11) is 0. The first-order chi connectivity index (χ1) is 13.2. The van der Waals surface area contributed by atoms with Gasteiger partial charge >= 0.3 is 0 Å². The van der Waals surface area contributed by atoms with Crippen molar-refractivity contribution in [3.8, 4) is 0 Å². The fourth-order valence-electron chi connectivity index (χ4n) is 4.35. The fraction of sp³-hybridized carbons (Fsp3) is 0.450. The average Bonchev–Trinajstić information content (AvgIpc) is 3.14. The third kappa shape index (κ3) is 2.81. The molecule has 1 aromatic carbocycles. The van der Waals surface area contributed by atoms with Crippen LogP contribution in [0.5, 0.6) is 0 Å². The molecule has 6 nitrogen and oxygen atoms in total. The van der Waals surface area contributed by atoms with Crippen molar-refractivity contribution >= 4 is 17.3 Å². The first-order valence-corrected chi connectivity index (χ1v) is 9.66. The molecule has 0 radical (unpaired) electrons. The van der Waals surface area contributed by atoms with Crippen molar-refractivity contribution in [1.29, 1.82) is 0 Å². The van der Waals surface area contributed by atoms with E-state index in [1.165, 1.54) is 23.7 Å². The fourth-order valence-corrected chi connectivity index (χ4v) is 4.35. The second kappa shape index (κ2) is 6.48. The van der Waals surface area contributed by atoms with Crippen molar-refractivity contribution in [3.63, 3.8) is 0 Å². The van der Waals surface area contributed by atoms with Crippen molar-refractivity contribution in [3.05, 3.63) is 47.7 Å². The minimum absolute atomic E-state index is 0.153. The molecule has 1 aliphatic heterocycles. The molecule has 7 heteroatoms. The second-order valence-electron chi connectivity index (χ2n) is 7.61. The Morgan fingerprint density at radius 3 is 2.67 bits per heavy atom. The summed E-state index contributed by atoms with van der Waals surface area (Å²) in [6.07, 6.45) is 4.79. The average molecular weight is 366 g/mol. The Hall–Kier alpha value is -2.70. The number of fused-ring (bicyclic) bond motifs is 2. The molecule has 1 aliphatic carbocycles. The third-order valence-corrected chi connectivity index (χ3v) is 5.78. The number of hydrogen-bond donors (Lipinski definition) is 0. The third-order valence-electron chi connectivity index (χ3n) is 5.78. The number of anilines is 2. The van der Waals surface area contributed by atoms with Gasteiger partial charge in [0.15, 0.2) is 0 Å². The molecule has 140 valence electrons. The number of piperazine rings is 1. The maximum Gasteiger partial charge on any atom is 0.254 e. The van der Waals surface area contributed by atoms with Crippen molar-refractivity contribution in [2.75, 3.05) is 36.0 Å². The number of para-hydroxylation sites is 1. The van der Waals surface area contributed by atoms with E-state index >= 15 is 0 Å². The Bertz CT molecular complexity index is 976. The van der Waals surface area contributed by atoms with Gasteiger partial charge in [-0.1, -0.05) is 19.1 Å². The van der Waals surface area contributed by atoms with Crippen LogP contribution in [0.2, 0.25) is 0 Å². The van der Waals surface area contributed by atoms with Gasteiger partial charge in [-0.05, 0) is 37.3 Å². The first kappa shape index (κ1) is 16.5. The minimum atomic E-state index is -0.153. The molecule has 0 bridgehead atoms. The van der Waals surface area contributed by atoms with Crippen LogP contribution in [0.15, 0.2) is 30.6 Å². The van der Waals surface area contributed by atoms with E-state index in [-0.39, 0.29) is 5.82 Å². The molecule has 3 heterocycles. The number of hydrogen-bond acceptors (Lipinski definition) is 5. The number of rotatable bonds is 2. The van der Waals surface area contributed by atoms with Gasteiger partial charge in [-0.25, -0.2) is 9.37 Å². The molecule has 0 saturated carbocycles. The van der Waals surface area contributed by atoms with Gasteiger partial charge in [-0.15, -0.1) is 0 Å². The van der Waals surface area contributed by atoms with E-state index in [4.69, 9.17) is 4.98 Å². The van der Waals surface area contributed by atoms with Crippen LogP contribution < -0.4 is 9.80 Å². The molecule has 1 fully saturated rings. The number of nitrogens with zero attached hydrogens (tertiary/aromatic N) is 6. The van der Waals surface area contributed by atoms with Gasteiger partial charge in [0.05, 0.1) is 11.4 Å². The molecule has 5 rings (SSSR count). The largest absolute Gasteiger partial charge is 0.366 e. The monoisotopic (exact) mass is 366 g/mol. The predicted octanol–water partition coefficient (Wildman–Crippen LogP) is 2.71. The minimum Gasteiger partial charge on any atom is -0.366 e. The maximum atomic E-state index is 14.1. The Kier molecular flexibility index (Phi) is 3.95. The highest BCUT2D eigenvalue weighted by atomic mass is 19.1. The molecular formula is C20H23FN6. The smallest absolute Gasteiger partial charge is 0.254 e. The lowest BCUT2D eigenvalue weighted by atomic mass is 9.88. The highest BCUT2D eigenvalue weighted by Gasteiger charge is 2.28. The molecule has 0 N–H and O–H groups in total. The Labute approximate surface area is 157 Å². The van der Waals surface area contributed by atoms with E-state index in [0.29, 0.717) is 17.4 Å². The summed E-state index contributed by atoms with van der Waals surface area (Å²) in [5.41, 5.74) is 3.17. The number of aromatic nitrogens is 4. The normalized spacial score (nSPS) is 20.1. The van der Waals surface area contributed by atoms with Crippen LogP contribution in [0.25, 0.3) is 5.78 Å². The number of benzene rings is 1. The quantitative estimate of drug-likeness (QED) is 0.698. The lowest BCUT2D eigenvalue weighted by Crippen LogP contribution is -2.48. The molecule has 1 atom stereocenters. The van der Waals surface area contributed by atoms with Crippen LogP contribution >= 0.6 is 0 Å². The molecule has 1 saturated heterocycles. The summed E-state index contributed by atoms with van der Waals surface area (Å²) in [6.45, 7) is 5.51. The summed E-state index contributed by atoms with van der Waals surface area (Å²) in [5, 5.41) is 4.44. The summed E-state index contributed by atoms with van der Waals surface area (Å²) < 4.78 is 16.0. The Morgan fingerprint density at radius 1 is 1.07 bits per heavy atom. The van der Waals surface area contributed by atoms with Gasteiger partial charge in [0.25, 0.3) is 5.78 Å². The van der Waals surface area contributed by atoms with Crippen LogP contribution in [0.1, 0.15) is 24.6 Å². The zero-order chi connectivity index (χ0) is 18.4. The number of halogens is 1. The highest BCUT2D eigenvalue weighted by Crippen LogP contribution is 2.33. The Morgan fingerprint density at radius 2 is 1.85 bits per heavy atom. The topological polar surface area (TPSA) is 49.6 Å². The van der Waals surface area contributed by atoms with Gasteiger partial charge < -0.3 is 9.80 Å². The van der Waals surface area contributed by atoms with E-state index in [1.807, 2.05) is 16.6 Å². The molecule has 2 aliphatic rings. The molecule has 27 heavy (non-hydrogen) atoms. The first-order valence-electron chi connectivity index (χ1n) is 9.66. The van der Waals surface area contributed by atoms with Gasteiger partial charge in [0.1, 0.15) is 18.0 Å². The van der Waals surface area contributed by atoms with Gasteiger partial charge in [0.2, 0.25) is 0 Å². The van der Waals surface area contributed by atoms with Gasteiger partial charge in [-0.3, -0.25) is 0 Å². The maximum absolute atomic E-state index is 14.1. The van der Waals surface area contributed by atoms with Gasteiger partial charge in [0, 0.05) is 31.7 Å². The van der Waals surface area contributed by atoms with Crippen molar-refractivity contribution in [2.45, 2.75) is 26.2 Å². The highest BCUT2D eigenvalue weighted by molar-refractivity contribution is 5.57. The van der Waals surface area contributed by atoms with E-state index in [2.05, 4.69) is 26.8 Å². The van der Waals surface area contributed by atoms with E-state index in [9.17, 15) is 4.39 Å². The van der Waals surface area contributed by atoms with Gasteiger partial charge in [-0.2, -0.15) is 14.6 Å². The zero-order valence-corrected chi connectivity index (χ0v) is 15.5. The van der Waals surface area contributed by atoms with E-state index in [0.717, 1.165) is 44.8 Å². The second-order valence-corrected chi connectivity index (χ2v) is 7.61. The van der Waals surface area contributed by atoms with Crippen molar-refractivity contribution in [2.24, 2.45) is 5.92 Å². The van der Waals surface area contributed by atoms with E-state index < -0.39 is 0 Å². The lowest BCUT2D eigenvalue weighted by Gasteiger charge is -2.38. The lowest BCUT2D eigenvalue weighted by molar-refractivity contribution is 0.488. The summed E-state index contributed by atoms with van der Waals surface area (Å²) in [4.78, 5) is 13.6. The molecule has 0 unspecified atom stereocenters. The van der Waals surface area contributed by atoms with Crippen LogP contribution in [0.4, 0.5) is 15.9 Å². The Balaban J connectivity index is 1.47. The summed E-state index contributed by atoms with van der Waals surface area (Å²) in [5.74, 6) is 2.31. The molecular weight excluding hydrogens is 343 g/mol. The SMILES string of the molecule is C[C@H]1CCc2c(nc3ncnn3c2N2CCN(c3ccccc3F)CC2)C1. The van der Waals surface area contributed by atoms with E-state index in [1.54, 1.807) is 12.4 Å². The predicted molar refractivity (Wildman–Crippen MR) is 103 cm³/mol. The molecule has 0 spiro atoms. The van der Waals surface area contributed by atoms with Crippen LogP contribution in [0, 0.1) is 11.7 Å². The molecule has 0 amide bonds. The molecule has 3 aromatic rings. The summed E-state index contributed by atoms with van der Waals surface area (Å²) >= 11 is 0. The standard InChI is InChI=1S/C20H23FN6/c1-14-6-7-15-17(12-14)24-20-22-13-23-27(20)19(15)26-10-8-25(9-11-26)18-5-3-2-4-16(18)21/h2-5,13-14H,6-12H2,1H3/t14-/m0/s1. The van der Waals surface area contributed by atoms with Crippen LogP contribution in [0.3, 0.4) is 0 Å². The summed E-state index contributed by atoms with van der Waals surface area (Å²) in [6, 6.07) is 7.02. The van der Waals surface area contributed by atoms with Crippen molar-refractivity contribution < 1.29 is 4.39 Å². The van der Waals surface area contributed by atoms with Crippen molar-refractivity contribution in [1.82, 2.24) is 19.6 Å². The zero-order valence-electron chi connectivity index (χ0n) is 15.5.